The lowest BCUT2D eigenvalue weighted by molar-refractivity contribution is 0.120. The fourth-order valence-corrected chi connectivity index (χ4v) is 1.47. The van der Waals surface area contributed by atoms with Gasteiger partial charge in [-0.05, 0) is 6.42 Å². The first kappa shape index (κ1) is 17.4. The molecule has 0 saturated carbocycles. The molecule has 0 fully saturated rings. The maximum absolute atomic E-state index is 13.3. The molecule has 0 radical (unpaired) electrons. The number of methoxy groups -OCH3 is 1. The van der Waals surface area contributed by atoms with Crippen LogP contribution in [0.25, 0.3) is 0 Å². The predicted octanol–water partition coefficient (Wildman–Crippen LogP) is 3.70. The van der Waals surface area contributed by atoms with E-state index in [-0.39, 0.29) is 0 Å². The van der Waals surface area contributed by atoms with E-state index in [0.29, 0.717) is 25.2 Å². The zero-order valence-electron chi connectivity index (χ0n) is 11.5. The van der Waals surface area contributed by atoms with Crippen molar-refractivity contribution >= 4 is 5.71 Å². The largest absolute Gasteiger partial charge is 0.391 e. The molecule has 1 rings (SSSR count). The summed E-state index contributed by atoms with van der Waals surface area (Å²) in [6, 6.07) is 0. The first-order valence-corrected chi connectivity index (χ1v) is 6.10. The van der Waals surface area contributed by atoms with Gasteiger partial charge in [-0.1, -0.05) is 12.1 Å². The molecule has 0 heterocycles. The fourth-order valence-electron chi connectivity index (χ4n) is 1.47. The van der Waals surface area contributed by atoms with Crippen molar-refractivity contribution in [2.45, 2.75) is 26.4 Å². The van der Waals surface area contributed by atoms with Crippen LogP contribution >= 0.6 is 0 Å². The molecule has 118 valence electrons. The zero-order chi connectivity index (χ0) is 16.0. The summed E-state index contributed by atoms with van der Waals surface area (Å²) in [5.74, 6) is -10.1. The molecular formula is C13H14F5NO2. The highest BCUT2D eigenvalue weighted by molar-refractivity contribution is 5.83. The Balaban J connectivity index is 2.87. The fraction of sp³-hybridized carbons (Fsp3) is 0.462. The van der Waals surface area contributed by atoms with Crippen molar-refractivity contribution in [1.82, 2.24) is 0 Å². The van der Waals surface area contributed by atoms with Gasteiger partial charge in [-0.3, -0.25) is 0 Å². The number of oxime groups is 1. The summed E-state index contributed by atoms with van der Waals surface area (Å²) in [6.45, 7) is 1.29. The minimum atomic E-state index is -2.20. The standard InChI is InChI=1S/C13H14F5NO2/c1-3-7(4-5-20-2)19-21-6-8-9(14)11(16)13(18)12(17)10(8)15/h3-6H2,1-2H3/b19-7-. The summed E-state index contributed by atoms with van der Waals surface area (Å²) in [4.78, 5) is 4.68. The molecule has 8 heteroatoms. The molecule has 0 atom stereocenters. The summed E-state index contributed by atoms with van der Waals surface area (Å²) in [6.07, 6.45) is 0.935. The van der Waals surface area contributed by atoms with E-state index in [0.717, 1.165) is 0 Å². The van der Waals surface area contributed by atoms with E-state index < -0.39 is 41.3 Å². The number of hydrogen-bond acceptors (Lipinski definition) is 3. The Bertz CT molecular complexity index is 505. The normalized spacial score (nSPS) is 11.9. The van der Waals surface area contributed by atoms with Gasteiger partial charge in [0, 0.05) is 13.5 Å². The smallest absolute Gasteiger partial charge is 0.200 e. The number of rotatable bonds is 7. The van der Waals surface area contributed by atoms with E-state index >= 15 is 0 Å². The average Bonchev–Trinajstić information content (AvgIpc) is 2.49. The van der Waals surface area contributed by atoms with Crippen LogP contribution in [0.3, 0.4) is 0 Å². The third kappa shape index (κ3) is 4.13. The van der Waals surface area contributed by atoms with Gasteiger partial charge in [0.15, 0.2) is 23.3 Å². The van der Waals surface area contributed by atoms with Gasteiger partial charge < -0.3 is 9.57 Å². The van der Waals surface area contributed by atoms with Crippen molar-refractivity contribution in [2.75, 3.05) is 13.7 Å². The van der Waals surface area contributed by atoms with Gasteiger partial charge in [-0.25, -0.2) is 22.0 Å². The lowest BCUT2D eigenvalue weighted by atomic mass is 10.2. The van der Waals surface area contributed by atoms with E-state index in [1.54, 1.807) is 6.92 Å². The molecule has 0 saturated heterocycles. The quantitative estimate of drug-likeness (QED) is 0.253. The molecule has 0 aromatic heterocycles. The van der Waals surface area contributed by atoms with Crippen LogP contribution in [0.15, 0.2) is 5.16 Å². The van der Waals surface area contributed by atoms with Gasteiger partial charge in [-0.2, -0.15) is 0 Å². The van der Waals surface area contributed by atoms with Gasteiger partial charge >= 0.3 is 0 Å². The Morgan fingerprint density at radius 1 is 0.952 bits per heavy atom. The summed E-state index contributed by atoms with van der Waals surface area (Å²) in [5, 5.41) is 3.60. The van der Waals surface area contributed by atoms with Crippen LogP contribution in [-0.2, 0) is 16.2 Å². The second-order valence-electron chi connectivity index (χ2n) is 4.08. The number of ether oxygens (including phenoxy) is 1. The molecule has 1 aromatic rings. The maximum Gasteiger partial charge on any atom is 0.200 e. The van der Waals surface area contributed by atoms with Gasteiger partial charge in [-0.15, -0.1) is 0 Å². The highest BCUT2D eigenvalue weighted by atomic mass is 19.2. The lowest BCUT2D eigenvalue weighted by Gasteiger charge is -2.08. The second-order valence-corrected chi connectivity index (χ2v) is 4.08. The second kappa shape index (κ2) is 7.92. The monoisotopic (exact) mass is 311 g/mol. The topological polar surface area (TPSA) is 30.8 Å². The molecule has 0 aliphatic carbocycles. The van der Waals surface area contributed by atoms with Gasteiger partial charge in [0.1, 0.15) is 6.61 Å². The van der Waals surface area contributed by atoms with Crippen LogP contribution in [-0.4, -0.2) is 19.4 Å². The lowest BCUT2D eigenvalue weighted by Crippen LogP contribution is -2.08. The Morgan fingerprint density at radius 2 is 1.48 bits per heavy atom. The van der Waals surface area contributed by atoms with Crippen LogP contribution in [0.4, 0.5) is 22.0 Å². The summed E-state index contributed by atoms with van der Waals surface area (Å²) in [5.41, 5.74) is -0.516. The van der Waals surface area contributed by atoms with E-state index in [2.05, 4.69) is 9.99 Å². The number of hydrogen-bond donors (Lipinski definition) is 0. The Kier molecular flexibility index (Phi) is 6.54. The third-order valence-corrected chi connectivity index (χ3v) is 2.71. The van der Waals surface area contributed by atoms with Crippen LogP contribution in [0, 0.1) is 29.1 Å². The van der Waals surface area contributed by atoms with Crippen LogP contribution in [0.1, 0.15) is 25.3 Å². The molecule has 1 aromatic carbocycles. The molecule has 0 spiro atoms. The molecular weight excluding hydrogens is 297 g/mol. The van der Waals surface area contributed by atoms with Crippen molar-refractivity contribution in [3.05, 3.63) is 34.6 Å². The predicted molar refractivity (Wildman–Crippen MR) is 65.2 cm³/mol. The van der Waals surface area contributed by atoms with Crippen molar-refractivity contribution in [2.24, 2.45) is 5.16 Å². The molecule has 0 aliphatic heterocycles. The van der Waals surface area contributed by atoms with Crippen molar-refractivity contribution in [1.29, 1.82) is 0 Å². The molecule has 21 heavy (non-hydrogen) atoms. The SMILES string of the molecule is CC/C(CCOC)=N/OCc1c(F)c(F)c(F)c(F)c1F. The number of nitrogens with zero attached hydrogens (tertiary/aromatic N) is 1. The van der Waals surface area contributed by atoms with E-state index in [4.69, 9.17) is 4.74 Å². The zero-order valence-corrected chi connectivity index (χ0v) is 11.5. The molecule has 0 unspecified atom stereocenters. The van der Waals surface area contributed by atoms with Crippen molar-refractivity contribution in [3.63, 3.8) is 0 Å². The van der Waals surface area contributed by atoms with Gasteiger partial charge in [0.25, 0.3) is 0 Å². The first-order chi connectivity index (χ1) is 9.93. The van der Waals surface area contributed by atoms with Crippen molar-refractivity contribution in [3.8, 4) is 0 Å². The van der Waals surface area contributed by atoms with Crippen molar-refractivity contribution < 1.29 is 31.5 Å². The summed E-state index contributed by atoms with van der Waals surface area (Å²) < 4.78 is 70.2. The summed E-state index contributed by atoms with van der Waals surface area (Å²) >= 11 is 0. The minimum Gasteiger partial charge on any atom is -0.391 e. The van der Waals surface area contributed by atoms with Crippen LogP contribution in [0.2, 0.25) is 0 Å². The average molecular weight is 311 g/mol. The number of halogens is 5. The molecule has 0 bridgehead atoms. The Morgan fingerprint density at radius 3 is 1.95 bits per heavy atom. The molecule has 3 nitrogen and oxygen atoms in total. The van der Waals surface area contributed by atoms with E-state index in [1.165, 1.54) is 7.11 Å². The van der Waals surface area contributed by atoms with Crippen LogP contribution in [0.5, 0.6) is 0 Å². The van der Waals surface area contributed by atoms with Gasteiger partial charge in [0.05, 0.1) is 17.9 Å². The molecule has 0 aliphatic rings. The third-order valence-electron chi connectivity index (χ3n) is 2.71. The van der Waals surface area contributed by atoms with E-state index in [1.807, 2.05) is 0 Å². The summed E-state index contributed by atoms with van der Waals surface area (Å²) in [7, 11) is 1.49. The first-order valence-electron chi connectivity index (χ1n) is 6.10. The maximum atomic E-state index is 13.3. The molecule has 0 amide bonds. The van der Waals surface area contributed by atoms with E-state index in [9.17, 15) is 22.0 Å². The van der Waals surface area contributed by atoms with Gasteiger partial charge in [0.2, 0.25) is 5.82 Å². The van der Waals surface area contributed by atoms with Crippen LogP contribution < -0.4 is 0 Å². The minimum absolute atomic E-state index is 0.374. The molecule has 0 N–H and O–H groups in total. The Hall–Kier alpha value is -1.70. The number of benzene rings is 1. The highest BCUT2D eigenvalue weighted by Gasteiger charge is 2.25. The highest BCUT2D eigenvalue weighted by Crippen LogP contribution is 2.23. The Labute approximate surface area is 118 Å².